The van der Waals surface area contributed by atoms with Gasteiger partial charge < -0.3 is 24.6 Å². The van der Waals surface area contributed by atoms with E-state index in [1.165, 1.54) is 17.8 Å². The lowest BCUT2D eigenvalue weighted by atomic mass is 9.75. The van der Waals surface area contributed by atoms with Gasteiger partial charge in [-0.1, -0.05) is 88.9 Å². The first-order valence-corrected chi connectivity index (χ1v) is 18.9. The van der Waals surface area contributed by atoms with Gasteiger partial charge in [-0.25, -0.2) is 14.4 Å². The van der Waals surface area contributed by atoms with Crippen LogP contribution >= 0.6 is 11.8 Å². The maximum absolute atomic E-state index is 13.4. The third-order valence-electron chi connectivity index (χ3n) is 8.56. The Morgan fingerprint density at radius 3 is 2.17 bits per heavy atom. The van der Waals surface area contributed by atoms with Gasteiger partial charge in [0.25, 0.3) is 0 Å². The number of allylic oxidation sites excluding steroid dienone is 2. The Hall–Kier alpha value is -4.38. The Balaban J connectivity index is 1.52. The molecule has 0 spiro atoms. The number of esters is 2. The summed E-state index contributed by atoms with van der Waals surface area (Å²) in [5.74, 6) is -1.58. The van der Waals surface area contributed by atoms with Crippen molar-refractivity contribution in [2.75, 3.05) is 24.7 Å². The van der Waals surface area contributed by atoms with Gasteiger partial charge in [0, 0.05) is 30.3 Å². The number of amides is 1. The summed E-state index contributed by atoms with van der Waals surface area (Å²) >= 11 is 1.19. The average molecular weight is 733 g/mol. The molecule has 10 nitrogen and oxygen atoms in total. The molecule has 2 aromatic rings. The number of thioether (sulfide) groups is 1. The number of hydrogen-bond donors (Lipinski definition) is 2. The lowest BCUT2D eigenvalue weighted by Crippen LogP contribution is -2.46. The van der Waals surface area contributed by atoms with Crippen molar-refractivity contribution in [3.8, 4) is 11.1 Å². The molecule has 0 aromatic heterocycles. The molecule has 0 aliphatic heterocycles. The molecule has 0 saturated carbocycles. The predicted octanol–water partition coefficient (Wildman–Crippen LogP) is 7.75. The highest BCUT2D eigenvalue weighted by Gasteiger charge is 2.36. The summed E-state index contributed by atoms with van der Waals surface area (Å²) in [6.45, 7) is 16.6. The molecule has 280 valence electrons. The van der Waals surface area contributed by atoms with E-state index in [9.17, 15) is 24.3 Å². The molecule has 0 fully saturated rings. The molecule has 0 bridgehead atoms. The van der Waals surface area contributed by atoms with Crippen LogP contribution in [-0.2, 0) is 28.6 Å². The second-order valence-corrected chi connectivity index (χ2v) is 16.5. The number of rotatable bonds is 15. The molecule has 2 N–H and O–H groups in total. The number of Topliss-reactive ketones (excluding diaryl/α,β-unsaturated/α-hetero) is 1. The first kappa shape index (κ1) is 40.4. The summed E-state index contributed by atoms with van der Waals surface area (Å²) in [6, 6.07) is 13.8. The van der Waals surface area contributed by atoms with Gasteiger partial charge in [-0.3, -0.25) is 9.79 Å². The van der Waals surface area contributed by atoms with E-state index >= 15 is 0 Å². The van der Waals surface area contributed by atoms with E-state index in [1.807, 2.05) is 76.2 Å². The van der Waals surface area contributed by atoms with Crippen LogP contribution in [0.5, 0.6) is 0 Å². The maximum atomic E-state index is 13.4. The molecular weight excluding hydrogens is 681 g/mol. The largest absolute Gasteiger partial charge is 0.511 e. The van der Waals surface area contributed by atoms with Gasteiger partial charge in [-0.2, -0.15) is 11.8 Å². The molecule has 2 aromatic carbocycles. The van der Waals surface area contributed by atoms with E-state index in [0.29, 0.717) is 18.6 Å². The molecule has 1 amide bonds. The number of fused-ring (bicyclic) bond motifs is 3. The minimum atomic E-state index is -1.11. The first-order valence-electron chi connectivity index (χ1n) is 17.7. The molecule has 0 saturated heterocycles. The van der Waals surface area contributed by atoms with Crippen molar-refractivity contribution < 1.29 is 38.5 Å². The topological polar surface area (TPSA) is 141 Å². The molecule has 4 rings (SSSR count). The number of benzene rings is 2. The summed E-state index contributed by atoms with van der Waals surface area (Å²) in [6.07, 6.45) is 1.57. The van der Waals surface area contributed by atoms with Crippen molar-refractivity contribution in [3.63, 3.8) is 0 Å². The van der Waals surface area contributed by atoms with Crippen molar-refractivity contribution in [2.45, 2.75) is 91.3 Å². The van der Waals surface area contributed by atoms with Crippen molar-refractivity contribution in [2.24, 2.45) is 16.3 Å². The summed E-state index contributed by atoms with van der Waals surface area (Å²) in [5, 5.41) is 13.7. The van der Waals surface area contributed by atoms with Crippen LogP contribution in [0.4, 0.5) is 4.79 Å². The van der Waals surface area contributed by atoms with E-state index < -0.39 is 41.1 Å². The number of hydrogen-bond acceptors (Lipinski definition) is 10. The zero-order valence-corrected chi connectivity index (χ0v) is 32.1. The van der Waals surface area contributed by atoms with Gasteiger partial charge in [0.2, 0.25) is 0 Å². The quantitative estimate of drug-likeness (QED) is 0.0814. The van der Waals surface area contributed by atoms with E-state index in [2.05, 4.69) is 11.9 Å². The fraction of sp³-hybridized carbons (Fsp3) is 0.488. The number of carbonyl (C=O) groups is 4. The van der Waals surface area contributed by atoms with Crippen molar-refractivity contribution >= 4 is 41.3 Å². The number of alkyl carbamates (subject to hydrolysis) is 1. The number of ketones is 1. The van der Waals surface area contributed by atoms with E-state index in [1.54, 1.807) is 20.8 Å². The molecule has 2 atom stereocenters. The second-order valence-electron chi connectivity index (χ2n) is 15.5. The van der Waals surface area contributed by atoms with Gasteiger partial charge in [-0.05, 0) is 60.8 Å². The SMILES string of the molecule is C=CCOC(=O)C(CSC[C@H](NC(=O)OCC1c2ccccc2-c2ccccc21)C(=O)OC(C)(C)C)N=C(CC(C)C)C1=C(O)CC(C)(C)CC1=O. The zero-order valence-electron chi connectivity index (χ0n) is 31.3. The molecule has 52 heavy (non-hydrogen) atoms. The molecule has 11 heteroatoms. The van der Waals surface area contributed by atoms with Gasteiger partial charge in [0.05, 0.1) is 11.3 Å². The summed E-state index contributed by atoms with van der Waals surface area (Å²) in [5.41, 5.74) is 3.58. The lowest BCUT2D eigenvalue weighted by molar-refractivity contribution is -0.156. The maximum Gasteiger partial charge on any atom is 0.407 e. The van der Waals surface area contributed by atoms with Crippen LogP contribution in [0.1, 0.15) is 84.8 Å². The van der Waals surface area contributed by atoms with Crippen LogP contribution in [0.3, 0.4) is 0 Å². The zero-order chi connectivity index (χ0) is 38.2. The monoisotopic (exact) mass is 732 g/mol. The Morgan fingerprint density at radius 2 is 1.62 bits per heavy atom. The predicted molar refractivity (Wildman–Crippen MR) is 205 cm³/mol. The van der Waals surface area contributed by atoms with E-state index in [0.717, 1.165) is 22.3 Å². The normalized spacial score (nSPS) is 16.8. The van der Waals surface area contributed by atoms with Crippen LogP contribution in [0.15, 0.2) is 77.5 Å². The number of aliphatic hydroxyl groups is 1. The minimum Gasteiger partial charge on any atom is -0.511 e. The number of aliphatic imine (C=N–C) groups is 1. The van der Waals surface area contributed by atoms with Gasteiger partial charge in [-0.15, -0.1) is 0 Å². The molecule has 0 heterocycles. The summed E-state index contributed by atoms with van der Waals surface area (Å²) in [7, 11) is 0. The van der Waals surface area contributed by atoms with Crippen LogP contribution in [0, 0.1) is 11.3 Å². The fourth-order valence-electron chi connectivity index (χ4n) is 6.43. The highest BCUT2D eigenvalue weighted by Crippen LogP contribution is 2.44. The molecular formula is C41H52N2O8S. The fourth-order valence-corrected chi connectivity index (χ4v) is 7.45. The Kier molecular flexibility index (Phi) is 13.5. The van der Waals surface area contributed by atoms with Crippen LogP contribution in [0.2, 0.25) is 0 Å². The molecule has 2 aliphatic carbocycles. The molecule has 2 aliphatic rings. The molecule has 0 radical (unpaired) electrons. The van der Waals surface area contributed by atoms with Crippen molar-refractivity contribution in [1.82, 2.24) is 5.32 Å². The van der Waals surface area contributed by atoms with Crippen LogP contribution in [0.25, 0.3) is 11.1 Å². The molecule has 1 unspecified atom stereocenters. The van der Waals surface area contributed by atoms with Crippen LogP contribution in [-0.4, -0.2) is 77.0 Å². The number of nitrogens with zero attached hydrogens (tertiary/aromatic N) is 1. The highest BCUT2D eigenvalue weighted by molar-refractivity contribution is 7.99. The van der Waals surface area contributed by atoms with Crippen molar-refractivity contribution in [3.05, 3.63) is 83.6 Å². The third kappa shape index (κ3) is 10.8. The van der Waals surface area contributed by atoms with Gasteiger partial charge >= 0.3 is 18.0 Å². The number of carbonyl (C=O) groups excluding carboxylic acids is 4. The average Bonchev–Trinajstić information content (AvgIpc) is 3.36. The van der Waals surface area contributed by atoms with Crippen LogP contribution < -0.4 is 5.32 Å². The number of ether oxygens (including phenoxy) is 3. The van der Waals surface area contributed by atoms with Crippen molar-refractivity contribution in [1.29, 1.82) is 0 Å². The third-order valence-corrected chi connectivity index (χ3v) is 9.68. The van der Waals surface area contributed by atoms with Gasteiger partial charge in [0.15, 0.2) is 11.8 Å². The highest BCUT2D eigenvalue weighted by atomic mass is 32.2. The second kappa shape index (κ2) is 17.4. The van der Waals surface area contributed by atoms with E-state index in [-0.39, 0.29) is 60.1 Å². The standard InChI is InChI=1S/C41H52N2O8S/c1-9-18-49-37(46)32(42-31(19-25(2)3)36-34(44)20-41(7,8)21-35(36)45)23-52-24-33(38(47)51-40(4,5)6)43-39(48)50-22-30-28-16-12-10-14-26(28)27-15-11-13-17-29(27)30/h9-17,25,30,32-33,44H,1,18-24H2,2-8H3,(H,43,48)/t32?,33-/m0/s1. The summed E-state index contributed by atoms with van der Waals surface area (Å²) < 4.78 is 16.7. The first-order chi connectivity index (χ1) is 24.5. The Bertz CT molecular complexity index is 1680. The Labute approximate surface area is 311 Å². The van der Waals surface area contributed by atoms with Gasteiger partial charge in [0.1, 0.15) is 30.6 Å². The number of nitrogens with one attached hydrogen (secondary N) is 1. The van der Waals surface area contributed by atoms with E-state index in [4.69, 9.17) is 19.2 Å². The Morgan fingerprint density at radius 1 is 1.00 bits per heavy atom. The number of aliphatic hydroxyl groups excluding tert-OH is 1. The minimum absolute atomic E-state index is 0.0282. The summed E-state index contributed by atoms with van der Waals surface area (Å²) in [4.78, 5) is 57.9. The lowest BCUT2D eigenvalue weighted by Gasteiger charge is -2.30. The smallest absolute Gasteiger partial charge is 0.407 e.